The fourth-order valence-electron chi connectivity index (χ4n) is 4.07. The van der Waals surface area contributed by atoms with Crippen LogP contribution in [0.1, 0.15) is 11.1 Å². The number of para-hydroxylation sites is 1. The standard InChI is InChI=1S/C26H26N6/c1-19-25(22-16-29-31(2)17-22)30-32(23-12-4-3-5-13-23)26(19)28-18-27-15-21-11-8-10-20-9-6-7-14-24(20)21/h3-14,16-17,27-28H,15,18H2,1-2H3. The topological polar surface area (TPSA) is 59.7 Å². The molecule has 0 saturated heterocycles. The van der Waals surface area contributed by atoms with Gasteiger partial charge in [0, 0.05) is 30.9 Å². The number of nitrogens with one attached hydrogen (secondary N) is 2. The van der Waals surface area contributed by atoms with Crippen molar-refractivity contribution >= 4 is 16.6 Å². The molecule has 0 radical (unpaired) electrons. The number of rotatable bonds is 7. The SMILES string of the molecule is Cc1c(-c2cnn(C)c2)nn(-c2ccccc2)c1NCNCc1cccc2ccccc12. The van der Waals surface area contributed by atoms with E-state index >= 15 is 0 Å². The molecule has 0 unspecified atom stereocenters. The minimum atomic E-state index is 0.620. The van der Waals surface area contributed by atoms with Crippen molar-refractivity contribution in [3.63, 3.8) is 0 Å². The van der Waals surface area contributed by atoms with Gasteiger partial charge in [-0.1, -0.05) is 60.7 Å². The molecule has 3 aromatic carbocycles. The second kappa shape index (κ2) is 8.69. The summed E-state index contributed by atoms with van der Waals surface area (Å²) in [5, 5.41) is 18.9. The lowest BCUT2D eigenvalue weighted by Gasteiger charge is -2.13. The molecule has 6 heteroatoms. The summed E-state index contributed by atoms with van der Waals surface area (Å²) in [6, 6.07) is 25.1. The monoisotopic (exact) mass is 422 g/mol. The highest BCUT2D eigenvalue weighted by atomic mass is 15.3. The third-order valence-electron chi connectivity index (χ3n) is 5.68. The largest absolute Gasteiger partial charge is 0.357 e. The maximum absolute atomic E-state index is 4.91. The Kier molecular flexibility index (Phi) is 5.44. The summed E-state index contributed by atoms with van der Waals surface area (Å²) in [4.78, 5) is 0. The van der Waals surface area contributed by atoms with Crippen LogP contribution in [0.4, 0.5) is 5.82 Å². The molecular weight excluding hydrogens is 396 g/mol. The summed E-state index contributed by atoms with van der Waals surface area (Å²) in [5.41, 5.74) is 5.33. The van der Waals surface area contributed by atoms with Crippen LogP contribution in [-0.2, 0) is 13.6 Å². The van der Waals surface area contributed by atoms with Crippen LogP contribution >= 0.6 is 0 Å². The lowest BCUT2D eigenvalue weighted by molar-refractivity contribution is 0.729. The van der Waals surface area contributed by atoms with Gasteiger partial charge in [0.05, 0.1) is 18.6 Å². The van der Waals surface area contributed by atoms with Gasteiger partial charge in [-0.05, 0) is 35.4 Å². The van der Waals surface area contributed by atoms with E-state index in [1.165, 1.54) is 16.3 Å². The summed E-state index contributed by atoms with van der Waals surface area (Å²) in [6.45, 7) is 3.50. The number of fused-ring (bicyclic) bond motifs is 1. The maximum atomic E-state index is 4.91. The summed E-state index contributed by atoms with van der Waals surface area (Å²) < 4.78 is 3.77. The fourth-order valence-corrected chi connectivity index (χ4v) is 4.07. The van der Waals surface area contributed by atoms with Gasteiger partial charge in [-0.25, -0.2) is 4.68 Å². The van der Waals surface area contributed by atoms with Crippen molar-refractivity contribution in [1.29, 1.82) is 0 Å². The molecule has 2 N–H and O–H groups in total. The average Bonchev–Trinajstić information content (AvgIpc) is 3.40. The van der Waals surface area contributed by atoms with Gasteiger partial charge < -0.3 is 5.32 Å². The first-order valence-corrected chi connectivity index (χ1v) is 10.8. The van der Waals surface area contributed by atoms with Gasteiger partial charge in [0.2, 0.25) is 0 Å². The fraction of sp³-hybridized carbons (Fsp3) is 0.154. The first-order valence-electron chi connectivity index (χ1n) is 10.8. The van der Waals surface area contributed by atoms with Crippen molar-refractivity contribution in [2.75, 3.05) is 12.0 Å². The Balaban J connectivity index is 1.38. The van der Waals surface area contributed by atoms with Crippen LogP contribution in [0.25, 0.3) is 27.7 Å². The quantitative estimate of drug-likeness (QED) is 0.289. The normalized spacial score (nSPS) is 11.2. The van der Waals surface area contributed by atoms with Crippen molar-refractivity contribution in [3.8, 4) is 16.9 Å². The highest BCUT2D eigenvalue weighted by Crippen LogP contribution is 2.30. The molecule has 5 aromatic rings. The van der Waals surface area contributed by atoms with E-state index in [0.29, 0.717) is 6.67 Å². The predicted molar refractivity (Wildman–Crippen MR) is 130 cm³/mol. The predicted octanol–water partition coefficient (Wildman–Crippen LogP) is 4.89. The minimum Gasteiger partial charge on any atom is -0.357 e. The van der Waals surface area contributed by atoms with Gasteiger partial charge in [0.25, 0.3) is 0 Å². The smallest absolute Gasteiger partial charge is 0.134 e. The van der Waals surface area contributed by atoms with Crippen LogP contribution in [-0.4, -0.2) is 26.2 Å². The third kappa shape index (κ3) is 3.88. The second-order valence-corrected chi connectivity index (χ2v) is 7.89. The van der Waals surface area contributed by atoms with Crippen LogP contribution in [0.5, 0.6) is 0 Å². The molecular formula is C26H26N6. The Morgan fingerprint density at radius 2 is 1.69 bits per heavy atom. The van der Waals surface area contributed by atoms with E-state index in [2.05, 4.69) is 77.3 Å². The van der Waals surface area contributed by atoms with Crippen molar-refractivity contribution in [3.05, 3.63) is 96.3 Å². The number of nitrogens with zero attached hydrogens (tertiary/aromatic N) is 4. The number of aryl methyl sites for hydroxylation is 1. The molecule has 0 atom stereocenters. The van der Waals surface area contributed by atoms with E-state index in [1.807, 2.05) is 42.3 Å². The maximum Gasteiger partial charge on any atom is 0.134 e. The van der Waals surface area contributed by atoms with Crippen molar-refractivity contribution in [2.24, 2.45) is 7.05 Å². The minimum absolute atomic E-state index is 0.620. The molecule has 0 spiro atoms. The highest BCUT2D eigenvalue weighted by molar-refractivity contribution is 5.85. The van der Waals surface area contributed by atoms with Crippen LogP contribution in [0, 0.1) is 6.92 Å². The van der Waals surface area contributed by atoms with Crippen molar-refractivity contribution in [2.45, 2.75) is 13.5 Å². The second-order valence-electron chi connectivity index (χ2n) is 7.89. The Morgan fingerprint density at radius 3 is 2.50 bits per heavy atom. The zero-order chi connectivity index (χ0) is 21.9. The van der Waals surface area contributed by atoms with Gasteiger partial charge in [-0.15, -0.1) is 0 Å². The lowest BCUT2D eigenvalue weighted by Crippen LogP contribution is -2.23. The lowest BCUT2D eigenvalue weighted by atomic mass is 10.0. The van der Waals surface area contributed by atoms with E-state index < -0.39 is 0 Å². The van der Waals surface area contributed by atoms with E-state index in [-0.39, 0.29) is 0 Å². The van der Waals surface area contributed by atoms with Crippen LogP contribution < -0.4 is 10.6 Å². The van der Waals surface area contributed by atoms with Crippen molar-refractivity contribution in [1.82, 2.24) is 24.9 Å². The summed E-state index contributed by atoms with van der Waals surface area (Å²) >= 11 is 0. The molecule has 0 aliphatic rings. The van der Waals surface area contributed by atoms with Gasteiger partial charge in [0.1, 0.15) is 11.5 Å². The molecule has 0 aliphatic heterocycles. The highest BCUT2D eigenvalue weighted by Gasteiger charge is 2.17. The van der Waals surface area contributed by atoms with Gasteiger partial charge in [0.15, 0.2) is 0 Å². The number of anilines is 1. The summed E-state index contributed by atoms with van der Waals surface area (Å²) in [5.74, 6) is 0.973. The van der Waals surface area contributed by atoms with E-state index in [1.54, 1.807) is 4.68 Å². The van der Waals surface area contributed by atoms with Crippen LogP contribution in [0.3, 0.4) is 0 Å². The summed E-state index contributed by atoms with van der Waals surface area (Å²) in [7, 11) is 1.92. The number of aromatic nitrogens is 4. The molecule has 0 aliphatic carbocycles. The van der Waals surface area contributed by atoms with Crippen LogP contribution in [0.15, 0.2) is 85.2 Å². The molecule has 0 amide bonds. The Hall–Kier alpha value is -3.90. The number of hydrogen-bond acceptors (Lipinski definition) is 4. The first kappa shape index (κ1) is 20.0. The first-order chi connectivity index (χ1) is 15.7. The Labute approximate surface area is 187 Å². The zero-order valence-electron chi connectivity index (χ0n) is 18.3. The molecule has 32 heavy (non-hydrogen) atoms. The van der Waals surface area contributed by atoms with E-state index in [4.69, 9.17) is 5.10 Å². The van der Waals surface area contributed by atoms with E-state index in [9.17, 15) is 0 Å². The third-order valence-corrected chi connectivity index (χ3v) is 5.68. The molecule has 0 bridgehead atoms. The number of hydrogen-bond donors (Lipinski definition) is 2. The zero-order valence-corrected chi connectivity index (χ0v) is 18.3. The van der Waals surface area contributed by atoms with Crippen LogP contribution in [0.2, 0.25) is 0 Å². The van der Waals surface area contributed by atoms with Crippen molar-refractivity contribution < 1.29 is 0 Å². The molecule has 5 rings (SSSR count). The molecule has 2 heterocycles. The van der Waals surface area contributed by atoms with Gasteiger partial charge in [-0.2, -0.15) is 10.2 Å². The Bertz CT molecular complexity index is 1340. The summed E-state index contributed by atoms with van der Waals surface area (Å²) in [6.07, 6.45) is 3.85. The van der Waals surface area contributed by atoms with Gasteiger partial charge >= 0.3 is 0 Å². The molecule has 160 valence electrons. The molecule has 0 fully saturated rings. The molecule has 6 nitrogen and oxygen atoms in total. The number of benzene rings is 3. The molecule has 2 aromatic heterocycles. The average molecular weight is 423 g/mol. The van der Waals surface area contributed by atoms with E-state index in [0.717, 1.165) is 34.9 Å². The molecule has 0 saturated carbocycles. The Morgan fingerprint density at radius 1 is 0.906 bits per heavy atom. The van der Waals surface area contributed by atoms with Gasteiger partial charge in [-0.3, -0.25) is 10.00 Å².